The fourth-order valence-corrected chi connectivity index (χ4v) is 8.66. The molecule has 0 nitrogen and oxygen atoms in total. The van der Waals surface area contributed by atoms with Gasteiger partial charge in [0.2, 0.25) is 0 Å². The Bertz CT molecular complexity index is 31.5. The minimum absolute atomic E-state index is 1.18. The van der Waals surface area contributed by atoms with E-state index >= 15 is 0 Å². The summed E-state index contributed by atoms with van der Waals surface area (Å²) < 4.78 is 0. The van der Waals surface area contributed by atoms with Crippen molar-refractivity contribution in [1.82, 2.24) is 0 Å². The fourth-order valence-electron chi connectivity index (χ4n) is 0.0915. The lowest BCUT2D eigenvalue weighted by molar-refractivity contribution is 1.54. The van der Waals surface area contributed by atoms with Gasteiger partial charge in [0.25, 0.3) is 0 Å². The molecule has 0 spiro atoms. The van der Waals surface area contributed by atoms with E-state index in [4.69, 9.17) is 0 Å². The summed E-state index contributed by atoms with van der Waals surface area (Å²) in [6.07, 6.45) is 0. The first-order chi connectivity index (χ1) is 3.91. The quantitative estimate of drug-likeness (QED) is 0.420. The lowest BCUT2D eigenvalue weighted by Gasteiger charge is -1.90. The Labute approximate surface area is 73.9 Å². The smallest absolute Gasteiger partial charge is 0.00169 e. The van der Waals surface area contributed by atoms with E-state index in [0.29, 0.717) is 0 Å². The minimum Gasteiger partial charge on any atom is -0.0988 e. The molecular formula is C2H6S6. The zero-order valence-corrected chi connectivity index (χ0v) is 9.17. The van der Waals surface area contributed by atoms with E-state index in [1.54, 1.807) is 29.5 Å². The summed E-state index contributed by atoms with van der Waals surface area (Å²) >= 11 is 3.96. The molecule has 0 saturated carbocycles. The molecule has 0 unspecified atom stereocenters. The molecule has 0 aromatic heterocycles. The SMILES string of the molecule is CCSSSSSS. The van der Waals surface area contributed by atoms with Crippen molar-refractivity contribution >= 4 is 61.8 Å². The van der Waals surface area contributed by atoms with Gasteiger partial charge in [0.1, 0.15) is 0 Å². The normalized spacial score (nSPS) is 9.75. The lowest BCUT2D eigenvalue weighted by atomic mass is 11.0. The molecule has 0 rings (SSSR count). The van der Waals surface area contributed by atoms with E-state index in [9.17, 15) is 0 Å². The van der Waals surface area contributed by atoms with Crippen LogP contribution in [0.3, 0.4) is 0 Å². The zero-order valence-electron chi connectivity index (χ0n) is 4.20. The largest absolute Gasteiger partial charge is 0.0988 e. The maximum atomic E-state index is 3.96. The van der Waals surface area contributed by atoms with Crippen LogP contribution in [0.15, 0.2) is 0 Å². The molecule has 0 bridgehead atoms. The second kappa shape index (κ2) is 9.10. The lowest BCUT2D eigenvalue weighted by Crippen LogP contribution is -1.49. The van der Waals surface area contributed by atoms with Crippen LogP contribution in [0.5, 0.6) is 0 Å². The molecule has 0 atom stereocenters. The Kier molecular flexibility index (Phi) is 11.5. The van der Waals surface area contributed by atoms with Gasteiger partial charge in [-0.05, 0) is 39.3 Å². The summed E-state index contributed by atoms with van der Waals surface area (Å²) in [6, 6.07) is 0. The summed E-state index contributed by atoms with van der Waals surface area (Å²) in [5.74, 6) is 1.18. The predicted octanol–water partition coefficient (Wildman–Crippen LogP) is 4.18. The van der Waals surface area contributed by atoms with Crippen molar-refractivity contribution in [1.29, 1.82) is 0 Å². The van der Waals surface area contributed by atoms with Crippen LogP contribution >= 0.6 is 61.8 Å². The topological polar surface area (TPSA) is 0 Å². The van der Waals surface area contributed by atoms with Gasteiger partial charge < -0.3 is 0 Å². The van der Waals surface area contributed by atoms with Crippen LogP contribution in [-0.4, -0.2) is 5.75 Å². The molecule has 8 heavy (non-hydrogen) atoms. The monoisotopic (exact) mass is 222 g/mol. The van der Waals surface area contributed by atoms with Gasteiger partial charge in [-0.15, -0.1) is 0 Å². The van der Waals surface area contributed by atoms with Gasteiger partial charge in [0.05, 0.1) is 0 Å². The molecule has 0 saturated heterocycles. The molecule has 0 heterocycles. The molecule has 0 aliphatic heterocycles. The number of rotatable bonds is 5. The molecule has 0 amide bonds. The van der Waals surface area contributed by atoms with Crippen LogP contribution in [0, 0.1) is 0 Å². The first-order valence-corrected chi connectivity index (χ1v) is 9.22. The predicted molar refractivity (Wildman–Crippen MR) is 57.5 cm³/mol. The first-order valence-electron chi connectivity index (χ1n) is 1.85. The summed E-state index contributed by atoms with van der Waals surface area (Å²) in [5, 5.41) is 0. The molecule has 0 fully saturated rings. The van der Waals surface area contributed by atoms with Crippen LogP contribution in [-0.2, 0) is 0 Å². The van der Waals surface area contributed by atoms with E-state index in [-0.39, 0.29) is 0 Å². The van der Waals surface area contributed by atoms with Gasteiger partial charge in [-0.2, -0.15) is 0 Å². The Hall–Kier alpha value is 2.10. The van der Waals surface area contributed by atoms with Crippen molar-refractivity contribution in [2.24, 2.45) is 0 Å². The Morgan fingerprint density at radius 3 is 2.50 bits per heavy atom. The highest BCUT2D eigenvalue weighted by molar-refractivity contribution is 9.41. The van der Waals surface area contributed by atoms with Crippen LogP contribution in [0.2, 0.25) is 0 Å². The third-order valence-corrected chi connectivity index (χ3v) is 9.32. The van der Waals surface area contributed by atoms with Crippen molar-refractivity contribution < 1.29 is 0 Å². The molecule has 50 valence electrons. The highest BCUT2D eigenvalue weighted by atomic mass is 33.9. The van der Waals surface area contributed by atoms with Gasteiger partial charge in [-0.25, -0.2) is 0 Å². The maximum Gasteiger partial charge on any atom is 0.00169 e. The molecule has 0 N–H and O–H groups in total. The molecule has 0 aromatic carbocycles. The van der Waals surface area contributed by atoms with Gasteiger partial charge >= 0.3 is 0 Å². The van der Waals surface area contributed by atoms with Crippen LogP contribution in [0.1, 0.15) is 6.92 Å². The summed E-state index contributed by atoms with van der Waals surface area (Å²) in [4.78, 5) is 0. The number of hydrogen-bond donors (Lipinski definition) is 1. The second-order valence-corrected chi connectivity index (χ2v) is 9.45. The Morgan fingerprint density at radius 1 is 1.25 bits per heavy atom. The van der Waals surface area contributed by atoms with Crippen LogP contribution < -0.4 is 0 Å². The standard InChI is InChI=1S/C2H6S6/c1-2-4-6-8-7-5-3/h3H,2H2,1H3. The third kappa shape index (κ3) is 8.10. The van der Waals surface area contributed by atoms with Crippen molar-refractivity contribution in [3.63, 3.8) is 0 Å². The van der Waals surface area contributed by atoms with E-state index in [1.807, 2.05) is 10.8 Å². The Balaban J connectivity index is 2.53. The molecule has 0 aliphatic rings. The molecule has 6 heteroatoms. The first kappa shape index (κ1) is 10.1. The van der Waals surface area contributed by atoms with Crippen molar-refractivity contribution in [2.45, 2.75) is 6.92 Å². The van der Waals surface area contributed by atoms with E-state index in [0.717, 1.165) is 0 Å². The maximum absolute atomic E-state index is 3.96. The highest BCUT2D eigenvalue weighted by Crippen LogP contribution is 2.49. The van der Waals surface area contributed by atoms with Gasteiger partial charge in [0.15, 0.2) is 0 Å². The van der Waals surface area contributed by atoms with E-state index < -0.39 is 0 Å². The molecule has 0 aromatic rings. The van der Waals surface area contributed by atoms with Crippen LogP contribution in [0.4, 0.5) is 0 Å². The van der Waals surface area contributed by atoms with Gasteiger partial charge in [0, 0.05) is 5.75 Å². The highest BCUT2D eigenvalue weighted by Gasteiger charge is 1.86. The average molecular weight is 222 g/mol. The number of hydrogen-bond acceptors (Lipinski definition) is 6. The van der Waals surface area contributed by atoms with E-state index in [1.165, 1.54) is 15.6 Å². The zero-order chi connectivity index (χ0) is 6.24. The van der Waals surface area contributed by atoms with Crippen molar-refractivity contribution in [2.75, 3.05) is 5.75 Å². The fraction of sp³-hybridized carbons (Fsp3) is 1.00. The minimum atomic E-state index is 1.18. The second-order valence-electron chi connectivity index (χ2n) is 0.685. The number of thiol groups is 1. The molecule has 0 aliphatic carbocycles. The van der Waals surface area contributed by atoms with Gasteiger partial charge in [-0.1, -0.05) is 29.4 Å². The average Bonchev–Trinajstić information content (AvgIpc) is 1.81. The Morgan fingerprint density at radius 2 is 2.00 bits per heavy atom. The summed E-state index contributed by atoms with van der Waals surface area (Å²) in [5.41, 5.74) is 0. The van der Waals surface area contributed by atoms with E-state index in [2.05, 4.69) is 18.6 Å². The summed E-state index contributed by atoms with van der Waals surface area (Å²) in [7, 11) is 8.60. The van der Waals surface area contributed by atoms with Crippen LogP contribution in [0.25, 0.3) is 0 Å². The molecular weight excluding hydrogens is 216 g/mol. The van der Waals surface area contributed by atoms with Gasteiger partial charge in [-0.3, -0.25) is 0 Å². The van der Waals surface area contributed by atoms with Crippen molar-refractivity contribution in [3.05, 3.63) is 0 Å². The van der Waals surface area contributed by atoms with Crippen molar-refractivity contribution in [3.8, 4) is 0 Å². The summed E-state index contributed by atoms with van der Waals surface area (Å²) in [6.45, 7) is 2.15. The molecule has 0 radical (unpaired) electrons. The third-order valence-electron chi connectivity index (χ3n) is 0.252.